The van der Waals surface area contributed by atoms with Gasteiger partial charge in [0.1, 0.15) is 6.33 Å². The Morgan fingerprint density at radius 1 is 1.30 bits per heavy atom. The first-order valence-corrected chi connectivity index (χ1v) is 3.69. The van der Waals surface area contributed by atoms with Gasteiger partial charge in [0.25, 0.3) is 0 Å². The van der Waals surface area contributed by atoms with Gasteiger partial charge in [-0.15, -0.1) is 0 Å². The van der Waals surface area contributed by atoms with Crippen LogP contribution < -0.4 is 0 Å². The standard InChI is InChI=1S/C8H10N2/c1-2-7(1)3-8-4-9-6-10-5-8/h4-7H,1-3H2. The first kappa shape index (κ1) is 5.83. The molecule has 2 rings (SSSR count). The molecule has 1 heterocycles. The van der Waals surface area contributed by atoms with Crippen LogP contribution in [0.3, 0.4) is 0 Å². The minimum Gasteiger partial charge on any atom is -0.245 e. The summed E-state index contributed by atoms with van der Waals surface area (Å²) >= 11 is 0. The molecule has 0 aromatic carbocycles. The van der Waals surface area contributed by atoms with Crippen molar-refractivity contribution in [3.63, 3.8) is 0 Å². The molecular formula is C8H10N2. The topological polar surface area (TPSA) is 25.8 Å². The van der Waals surface area contributed by atoms with Crippen molar-refractivity contribution in [1.82, 2.24) is 9.97 Å². The second-order valence-electron chi connectivity index (χ2n) is 2.89. The van der Waals surface area contributed by atoms with Gasteiger partial charge in [0.05, 0.1) is 0 Å². The molecule has 1 aromatic heterocycles. The Labute approximate surface area is 60.3 Å². The third-order valence-electron chi connectivity index (χ3n) is 1.84. The van der Waals surface area contributed by atoms with Gasteiger partial charge in [0.15, 0.2) is 0 Å². The molecule has 1 aliphatic carbocycles. The van der Waals surface area contributed by atoms with Gasteiger partial charge in [-0.05, 0) is 30.7 Å². The van der Waals surface area contributed by atoms with Crippen LogP contribution in [0.1, 0.15) is 18.4 Å². The zero-order chi connectivity index (χ0) is 6.81. The quantitative estimate of drug-likeness (QED) is 0.611. The predicted molar refractivity (Wildman–Crippen MR) is 38.5 cm³/mol. The summed E-state index contributed by atoms with van der Waals surface area (Å²) in [4.78, 5) is 7.91. The fourth-order valence-electron chi connectivity index (χ4n) is 1.09. The Morgan fingerprint density at radius 3 is 2.60 bits per heavy atom. The Balaban J connectivity index is 2.03. The number of rotatable bonds is 2. The van der Waals surface area contributed by atoms with Crippen LogP contribution in [0.2, 0.25) is 0 Å². The van der Waals surface area contributed by atoms with Crippen LogP contribution in [-0.2, 0) is 6.42 Å². The average molecular weight is 134 g/mol. The zero-order valence-corrected chi connectivity index (χ0v) is 5.83. The molecule has 1 saturated carbocycles. The van der Waals surface area contributed by atoms with Gasteiger partial charge in [0.2, 0.25) is 0 Å². The van der Waals surface area contributed by atoms with Crippen molar-refractivity contribution in [2.75, 3.05) is 0 Å². The van der Waals surface area contributed by atoms with Crippen molar-refractivity contribution in [3.8, 4) is 0 Å². The van der Waals surface area contributed by atoms with Crippen LogP contribution >= 0.6 is 0 Å². The maximum Gasteiger partial charge on any atom is 0.115 e. The van der Waals surface area contributed by atoms with Crippen molar-refractivity contribution >= 4 is 0 Å². The van der Waals surface area contributed by atoms with E-state index in [4.69, 9.17) is 0 Å². The van der Waals surface area contributed by atoms with E-state index in [1.807, 2.05) is 12.4 Å². The van der Waals surface area contributed by atoms with Gasteiger partial charge in [0, 0.05) is 12.4 Å². The van der Waals surface area contributed by atoms with Crippen molar-refractivity contribution in [2.45, 2.75) is 19.3 Å². The summed E-state index contributed by atoms with van der Waals surface area (Å²) in [6, 6.07) is 0. The lowest BCUT2D eigenvalue weighted by molar-refractivity contribution is 0.820. The van der Waals surface area contributed by atoms with Crippen LogP contribution in [0.25, 0.3) is 0 Å². The highest BCUT2D eigenvalue weighted by atomic mass is 14.8. The molecule has 0 radical (unpaired) electrons. The first-order valence-electron chi connectivity index (χ1n) is 3.69. The smallest absolute Gasteiger partial charge is 0.115 e. The van der Waals surface area contributed by atoms with E-state index in [1.54, 1.807) is 6.33 Å². The molecule has 0 N–H and O–H groups in total. The second kappa shape index (κ2) is 2.37. The third-order valence-corrected chi connectivity index (χ3v) is 1.84. The molecule has 2 nitrogen and oxygen atoms in total. The maximum absolute atomic E-state index is 3.95. The van der Waals surface area contributed by atoms with E-state index in [-0.39, 0.29) is 0 Å². The summed E-state index contributed by atoms with van der Waals surface area (Å²) in [6.45, 7) is 0. The predicted octanol–water partition coefficient (Wildman–Crippen LogP) is 1.43. The molecular weight excluding hydrogens is 124 g/mol. The highest BCUT2D eigenvalue weighted by molar-refractivity contribution is 5.05. The van der Waals surface area contributed by atoms with Gasteiger partial charge in [-0.1, -0.05) is 0 Å². The molecule has 52 valence electrons. The van der Waals surface area contributed by atoms with Gasteiger partial charge in [-0.3, -0.25) is 0 Å². The molecule has 1 aliphatic rings. The monoisotopic (exact) mass is 134 g/mol. The lowest BCUT2D eigenvalue weighted by Crippen LogP contribution is -1.88. The van der Waals surface area contributed by atoms with Crippen LogP contribution in [0.15, 0.2) is 18.7 Å². The number of hydrogen-bond acceptors (Lipinski definition) is 2. The molecule has 0 saturated heterocycles. The fourth-order valence-corrected chi connectivity index (χ4v) is 1.09. The van der Waals surface area contributed by atoms with E-state index < -0.39 is 0 Å². The Morgan fingerprint density at radius 2 is 2.00 bits per heavy atom. The second-order valence-corrected chi connectivity index (χ2v) is 2.89. The van der Waals surface area contributed by atoms with Crippen LogP contribution in [-0.4, -0.2) is 9.97 Å². The van der Waals surface area contributed by atoms with Gasteiger partial charge in [-0.2, -0.15) is 0 Å². The van der Waals surface area contributed by atoms with E-state index in [0.29, 0.717) is 0 Å². The zero-order valence-electron chi connectivity index (χ0n) is 5.83. The lowest BCUT2D eigenvalue weighted by atomic mass is 10.2. The first-order chi connectivity index (χ1) is 4.95. The van der Waals surface area contributed by atoms with Crippen molar-refractivity contribution in [3.05, 3.63) is 24.3 Å². The third kappa shape index (κ3) is 1.32. The van der Waals surface area contributed by atoms with Gasteiger partial charge >= 0.3 is 0 Å². The Hall–Kier alpha value is -0.920. The number of nitrogens with zero attached hydrogens (tertiary/aromatic N) is 2. The Kier molecular flexibility index (Phi) is 1.38. The van der Waals surface area contributed by atoms with Crippen LogP contribution in [0.5, 0.6) is 0 Å². The van der Waals surface area contributed by atoms with Crippen LogP contribution in [0, 0.1) is 5.92 Å². The van der Waals surface area contributed by atoms with E-state index in [2.05, 4.69) is 9.97 Å². The van der Waals surface area contributed by atoms with Gasteiger partial charge < -0.3 is 0 Å². The molecule has 10 heavy (non-hydrogen) atoms. The highest BCUT2D eigenvalue weighted by Crippen LogP contribution is 2.31. The molecule has 2 heteroatoms. The summed E-state index contributed by atoms with van der Waals surface area (Å²) < 4.78 is 0. The normalized spacial score (nSPS) is 17.2. The Bertz CT molecular complexity index is 204. The lowest BCUT2D eigenvalue weighted by Gasteiger charge is -1.93. The summed E-state index contributed by atoms with van der Waals surface area (Å²) in [7, 11) is 0. The SMILES string of the molecule is c1ncc(CC2CC2)cn1. The van der Waals surface area contributed by atoms with E-state index in [1.165, 1.54) is 24.8 Å². The number of aromatic nitrogens is 2. The largest absolute Gasteiger partial charge is 0.245 e. The summed E-state index contributed by atoms with van der Waals surface area (Å²) in [5, 5.41) is 0. The average Bonchev–Trinajstić information content (AvgIpc) is 2.74. The molecule has 0 atom stereocenters. The van der Waals surface area contributed by atoms with E-state index in [0.717, 1.165) is 5.92 Å². The van der Waals surface area contributed by atoms with Gasteiger partial charge in [-0.25, -0.2) is 9.97 Å². The van der Waals surface area contributed by atoms with Crippen molar-refractivity contribution in [1.29, 1.82) is 0 Å². The van der Waals surface area contributed by atoms with Crippen LogP contribution in [0.4, 0.5) is 0 Å². The molecule has 1 aromatic rings. The summed E-state index contributed by atoms with van der Waals surface area (Å²) in [5.74, 6) is 0.936. The molecule has 0 aliphatic heterocycles. The summed E-state index contributed by atoms with van der Waals surface area (Å²) in [5.41, 5.74) is 1.28. The minimum absolute atomic E-state index is 0.936. The molecule has 0 bridgehead atoms. The van der Waals surface area contributed by atoms with Crippen molar-refractivity contribution < 1.29 is 0 Å². The van der Waals surface area contributed by atoms with E-state index >= 15 is 0 Å². The summed E-state index contributed by atoms with van der Waals surface area (Å²) in [6.07, 6.45) is 9.37. The maximum atomic E-state index is 3.95. The molecule has 1 fully saturated rings. The highest BCUT2D eigenvalue weighted by Gasteiger charge is 2.21. The molecule has 0 spiro atoms. The minimum atomic E-state index is 0.936. The fraction of sp³-hybridized carbons (Fsp3) is 0.500. The number of hydrogen-bond donors (Lipinski definition) is 0. The molecule has 0 amide bonds. The van der Waals surface area contributed by atoms with E-state index in [9.17, 15) is 0 Å². The molecule has 0 unspecified atom stereocenters. The van der Waals surface area contributed by atoms with Crippen molar-refractivity contribution in [2.24, 2.45) is 5.92 Å².